The van der Waals surface area contributed by atoms with Crippen LogP contribution in [-0.2, 0) is 6.42 Å². The van der Waals surface area contributed by atoms with Gasteiger partial charge in [0.05, 0.1) is 0 Å². The van der Waals surface area contributed by atoms with Crippen molar-refractivity contribution in [2.24, 2.45) is 0 Å². The molecule has 6 heteroatoms. The molecular weight excluding hydrogens is 304 g/mol. The molecule has 0 aliphatic rings. The molecule has 0 N–H and O–H groups in total. The first-order valence-corrected chi connectivity index (χ1v) is 8.08. The lowest BCUT2D eigenvalue weighted by Crippen LogP contribution is -1.98. The molecule has 1 atom stereocenters. The molecule has 1 unspecified atom stereocenters. The van der Waals surface area contributed by atoms with Crippen molar-refractivity contribution in [3.63, 3.8) is 0 Å². The summed E-state index contributed by atoms with van der Waals surface area (Å²) in [6, 6.07) is 8.13. The maximum Gasteiger partial charge on any atom is 0.226 e. The van der Waals surface area contributed by atoms with Gasteiger partial charge in [0, 0.05) is 34.5 Å². The predicted molar refractivity (Wildman–Crippen MR) is 89.8 cm³/mol. The van der Waals surface area contributed by atoms with Crippen LogP contribution in [-0.4, -0.2) is 20.3 Å². The highest BCUT2D eigenvalue weighted by molar-refractivity contribution is 5.74. The molecule has 0 amide bonds. The number of aromatic nitrogens is 4. The average molecular weight is 322 g/mol. The monoisotopic (exact) mass is 322 g/mol. The van der Waals surface area contributed by atoms with E-state index >= 15 is 0 Å². The zero-order chi connectivity index (χ0) is 16.7. The van der Waals surface area contributed by atoms with E-state index in [1.54, 1.807) is 6.20 Å². The summed E-state index contributed by atoms with van der Waals surface area (Å²) in [4.78, 5) is 8.75. The van der Waals surface area contributed by atoms with Crippen LogP contribution in [0.15, 0.2) is 39.4 Å². The smallest absolute Gasteiger partial charge is 0.226 e. The molecule has 24 heavy (non-hydrogen) atoms. The van der Waals surface area contributed by atoms with E-state index in [2.05, 4.69) is 59.3 Å². The van der Waals surface area contributed by atoms with Crippen molar-refractivity contribution >= 4 is 22.3 Å². The van der Waals surface area contributed by atoms with Crippen LogP contribution in [0.3, 0.4) is 0 Å². The summed E-state index contributed by atoms with van der Waals surface area (Å²) >= 11 is 0. The summed E-state index contributed by atoms with van der Waals surface area (Å²) in [5.74, 6) is 1.48. The van der Waals surface area contributed by atoms with E-state index in [0.717, 1.165) is 28.8 Å². The third-order valence-electron chi connectivity index (χ3n) is 4.27. The molecule has 0 aliphatic carbocycles. The molecule has 0 aliphatic heterocycles. The summed E-state index contributed by atoms with van der Waals surface area (Å²) in [6.07, 6.45) is 2.47. The molecule has 0 fully saturated rings. The molecular formula is C18H18N4O2. The maximum atomic E-state index is 5.96. The Bertz CT molecular complexity index is 1000. The highest BCUT2D eigenvalue weighted by atomic mass is 16.5. The fraction of sp³-hybridized carbons (Fsp3) is 0.333. The van der Waals surface area contributed by atoms with Crippen LogP contribution in [0.5, 0.6) is 0 Å². The number of rotatable bonds is 4. The Labute approximate surface area is 138 Å². The number of pyridine rings is 2. The third kappa shape index (κ3) is 2.54. The van der Waals surface area contributed by atoms with Crippen LogP contribution in [0.4, 0.5) is 0 Å². The Kier molecular flexibility index (Phi) is 3.52. The number of nitrogens with zero attached hydrogens (tertiary/aromatic N) is 4. The summed E-state index contributed by atoms with van der Waals surface area (Å²) < 4.78 is 11.2. The fourth-order valence-corrected chi connectivity index (χ4v) is 2.92. The van der Waals surface area contributed by atoms with Gasteiger partial charge in [-0.2, -0.15) is 0 Å². The standard InChI is InChI=1S/C18H18N4O2/c1-10(2)15-5-4-12-9-13(23-18(12)20-15)8-11(3)14-6-7-19-17-16(14)24-22-21-17/h4-7,9-11H,8H2,1-3H3. The molecule has 4 rings (SSSR count). The molecule has 0 saturated heterocycles. The number of fused-ring (bicyclic) bond motifs is 2. The van der Waals surface area contributed by atoms with Gasteiger partial charge >= 0.3 is 0 Å². The lowest BCUT2D eigenvalue weighted by Gasteiger charge is -2.09. The van der Waals surface area contributed by atoms with Crippen LogP contribution in [0, 0.1) is 0 Å². The van der Waals surface area contributed by atoms with Crippen LogP contribution in [0.25, 0.3) is 22.3 Å². The van der Waals surface area contributed by atoms with E-state index in [-0.39, 0.29) is 5.92 Å². The van der Waals surface area contributed by atoms with Crippen molar-refractivity contribution in [3.8, 4) is 0 Å². The molecule has 0 bridgehead atoms. The first-order valence-electron chi connectivity index (χ1n) is 8.08. The van der Waals surface area contributed by atoms with E-state index in [1.807, 2.05) is 6.07 Å². The Morgan fingerprint density at radius 3 is 2.83 bits per heavy atom. The molecule has 0 spiro atoms. The van der Waals surface area contributed by atoms with Crippen LogP contribution in [0.1, 0.15) is 49.6 Å². The topological polar surface area (TPSA) is 77.8 Å². The normalized spacial score (nSPS) is 13.2. The zero-order valence-electron chi connectivity index (χ0n) is 13.9. The van der Waals surface area contributed by atoms with Gasteiger partial charge in [-0.25, -0.2) is 9.97 Å². The first-order chi connectivity index (χ1) is 11.6. The summed E-state index contributed by atoms with van der Waals surface area (Å²) in [7, 11) is 0. The second-order valence-electron chi connectivity index (χ2n) is 6.43. The van der Waals surface area contributed by atoms with Gasteiger partial charge in [-0.3, -0.25) is 0 Å². The van der Waals surface area contributed by atoms with Gasteiger partial charge in [0.15, 0.2) is 0 Å². The minimum absolute atomic E-state index is 0.190. The van der Waals surface area contributed by atoms with E-state index in [0.29, 0.717) is 22.9 Å². The van der Waals surface area contributed by atoms with Crippen LogP contribution in [0.2, 0.25) is 0 Å². The zero-order valence-corrected chi connectivity index (χ0v) is 13.9. The molecule has 0 radical (unpaired) electrons. The van der Waals surface area contributed by atoms with Crippen molar-refractivity contribution < 1.29 is 8.94 Å². The maximum absolute atomic E-state index is 5.96. The van der Waals surface area contributed by atoms with Gasteiger partial charge in [-0.15, -0.1) is 0 Å². The second-order valence-corrected chi connectivity index (χ2v) is 6.43. The lowest BCUT2D eigenvalue weighted by molar-refractivity contribution is 0.420. The molecule has 4 heterocycles. The Balaban J connectivity index is 1.65. The van der Waals surface area contributed by atoms with Crippen LogP contribution < -0.4 is 0 Å². The molecule has 4 aromatic heterocycles. The fourth-order valence-electron chi connectivity index (χ4n) is 2.92. The number of hydrogen-bond acceptors (Lipinski definition) is 6. The second kappa shape index (κ2) is 5.70. The van der Waals surface area contributed by atoms with Crippen molar-refractivity contribution in [1.29, 1.82) is 0 Å². The Morgan fingerprint density at radius 1 is 1.12 bits per heavy atom. The molecule has 122 valence electrons. The van der Waals surface area contributed by atoms with Crippen LogP contribution >= 0.6 is 0 Å². The van der Waals surface area contributed by atoms with E-state index in [9.17, 15) is 0 Å². The molecule has 4 aromatic rings. The van der Waals surface area contributed by atoms with Gasteiger partial charge < -0.3 is 8.94 Å². The van der Waals surface area contributed by atoms with Gasteiger partial charge in [0.25, 0.3) is 0 Å². The first kappa shape index (κ1) is 14.8. The average Bonchev–Trinajstić information content (AvgIpc) is 3.19. The third-order valence-corrected chi connectivity index (χ3v) is 4.27. The summed E-state index contributed by atoms with van der Waals surface area (Å²) in [5, 5.41) is 8.49. The quantitative estimate of drug-likeness (QED) is 0.559. The van der Waals surface area contributed by atoms with E-state index in [4.69, 9.17) is 8.94 Å². The lowest BCUT2D eigenvalue weighted by atomic mass is 9.97. The van der Waals surface area contributed by atoms with E-state index < -0.39 is 0 Å². The van der Waals surface area contributed by atoms with Gasteiger partial charge in [0.1, 0.15) is 5.76 Å². The molecule has 0 saturated carbocycles. The van der Waals surface area contributed by atoms with Crippen molar-refractivity contribution in [2.45, 2.75) is 39.0 Å². The minimum atomic E-state index is 0.190. The van der Waals surface area contributed by atoms with Gasteiger partial charge in [-0.1, -0.05) is 25.9 Å². The highest BCUT2D eigenvalue weighted by Crippen LogP contribution is 2.28. The van der Waals surface area contributed by atoms with E-state index in [1.165, 1.54) is 0 Å². The van der Waals surface area contributed by atoms with Gasteiger partial charge in [-0.05, 0) is 36.1 Å². The number of hydrogen-bond donors (Lipinski definition) is 0. The van der Waals surface area contributed by atoms with Gasteiger partial charge in [0.2, 0.25) is 16.9 Å². The minimum Gasteiger partial charge on any atom is -0.443 e. The van der Waals surface area contributed by atoms with Crippen molar-refractivity contribution in [1.82, 2.24) is 20.3 Å². The molecule has 0 aromatic carbocycles. The number of furan rings is 1. The summed E-state index contributed by atoms with van der Waals surface area (Å²) in [6.45, 7) is 6.37. The van der Waals surface area contributed by atoms with Crippen molar-refractivity contribution in [3.05, 3.63) is 47.5 Å². The Morgan fingerprint density at radius 2 is 2.00 bits per heavy atom. The predicted octanol–water partition coefficient (Wildman–Crippen LogP) is 4.23. The Hall–Kier alpha value is -2.76. The highest BCUT2D eigenvalue weighted by Gasteiger charge is 2.17. The van der Waals surface area contributed by atoms with Crippen molar-refractivity contribution in [2.75, 3.05) is 0 Å². The molecule has 6 nitrogen and oxygen atoms in total. The summed E-state index contributed by atoms with van der Waals surface area (Å²) in [5.41, 5.74) is 3.94. The largest absolute Gasteiger partial charge is 0.443 e. The SMILES string of the molecule is CC(C)c1ccc2cc(CC(C)c3ccnc4nnoc34)oc2n1.